The standard InChI is InChI=1S/C20H18Br2N4O4/c1-3-5-18-24-16-7-6-13(21)10-14(16)20(27)25(18)23-11-12-8-15(22)19(30-4-2)17(9-12)26(28)29/h6-11H,3-5H2,1-2H3. The Morgan fingerprint density at radius 1 is 1.27 bits per heavy atom. The van der Waals surface area contributed by atoms with Gasteiger partial charge in [-0.3, -0.25) is 14.9 Å². The Morgan fingerprint density at radius 3 is 2.70 bits per heavy atom. The number of rotatable bonds is 7. The fraction of sp³-hybridized carbons (Fsp3) is 0.250. The normalized spacial score (nSPS) is 11.3. The van der Waals surface area contributed by atoms with E-state index in [1.54, 1.807) is 25.1 Å². The zero-order chi connectivity index (χ0) is 21.8. The summed E-state index contributed by atoms with van der Waals surface area (Å²) in [6, 6.07) is 8.31. The van der Waals surface area contributed by atoms with E-state index in [1.165, 1.54) is 17.0 Å². The first-order valence-corrected chi connectivity index (χ1v) is 10.8. The van der Waals surface area contributed by atoms with Crippen molar-refractivity contribution in [2.24, 2.45) is 5.10 Å². The predicted molar refractivity (Wildman–Crippen MR) is 123 cm³/mol. The van der Waals surface area contributed by atoms with Gasteiger partial charge in [0, 0.05) is 22.5 Å². The number of nitrogens with zero attached hydrogens (tertiary/aromatic N) is 4. The van der Waals surface area contributed by atoms with Gasteiger partial charge < -0.3 is 4.74 Å². The Balaban J connectivity index is 2.13. The number of benzene rings is 2. The zero-order valence-corrected chi connectivity index (χ0v) is 19.4. The average molecular weight is 538 g/mol. The summed E-state index contributed by atoms with van der Waals surface area (Å²) in [6.07, 6.45) is 2.75. The van der Waals surface area contributed by atoms with E-state index >= 15 is 0 Å². The molecule has 3 rings (SSSR count). The lowest BCUT2D eigenvalue weighted by Gasteiger charge is -2.09. The average Bonchev–Trinajstić information content (AvgIpc) is 2.70. The molecule has 2 aromatic carbocycles. The SMILES string of the molecule is CCCc1nc2ccc(Br)cc2c(=O)n1N=Cc1cc(Br)c(OCC)c([N+](=O)[O-])c1. The third-order valence-corrected chi connectivity index (χ3v) is 5.29. The lowest BCUT2D eigenvalue weighted by molar-refractivity contribution is -0.385. The van der Waals surface area contributed by atoms with Crippen molar-refractivity contribution in [3.05, 3.63) is 71.1 Å². The minimum absolute atomic E-state index is 0.153. The van der Waals surface area contributed by atoms with Crippen molar-refractivity contribution in [1.82, 2.24) is 9.66 Å². The highest BCUT2D eigenvalue weighted by molar-refractivity contribution is 9.10. The summed E-state index contributed by atoms with van der Waals surface area (Å²) in [7, 11) is 0. The van der Waals surface area contributed by atoms with Gasteiger partial charge in [-0.1, -0.05) is 22.9 Å². The molecule has 30 heavy (non-hydrogen) atoms. The topological polar surface area (TPSA) is 99.6 Å². The fourth-order valence-corrected chi connectivity index (χ4v) is 3.86. The summed E-state index contributed by atoms with van der Waals surface area (Å²) in [5, 5.41) is 16.2. The van der Waals surface area contributed by atoms with Crippen LogP contribution in [0, 0.1) is 10.1 Å². The zero-order valence-electron chi connectivity index (χ0n) is 16.3. The number of halogens is 2. The Labute approximate surface area is 189 Å². The van der Waals surface area contributed by atoms with Crippen LogP contribution in [-0.2, 0) is 6.42 Å². The molecule has 8 nitrogen and oxygen atoms in total. The molecule has 0 unspecified atom stereocenters. The van der Waals surface area contributed by atoms with Crippen molar-refractivity contribution in [3.63, 3.8) is 0 Å². The van der Waals surface area contributed by atoms with Crippen molar-refractivity contribution in [2.75, 3.05) is 6.61 Å². The summed E-state index contributed by atoms with van der Waals surface area (Å²) in [6.45, 7) is 4.03. The maximum Gasteiger partial charge on any atom is 0.312 e. The molecular weight excluding hydrogens is 520 g/mol. The van der Waals surface area contributed by atoms with E-state index in [1.807, 2.05) is 13.0 Å². The van der Waals surface area contributed by atoms with Gasteiger partial charge >= 0.3 is 5.69 Å². The highest BCUT2D eigenvalue weighted by Gasteiger charge is 2.20. The minimum atomic E-state index is -0.517. The van der Waals surface area contributed by atoms with Gasteiger partial charge in [0.15, 0.2) is 0 Å². The van der Waals surface area contributed by atoms with E-state index in [2.05, 4.69) is 41.9 Å². The van der Waals surface area contributed by atoms with Crippen LogP contribution in [0.15, 0.2) is 49.2 Å². The second kappa shape index (κ2) is 9.48. The molecule has 156 valence electrons. The number of aryl methyl sites for hydroxylation is 1. The van der Waals surface area contributed by atoms with Crippen LogP contribution in [0.1, 0.15) is 31.7 Å². The third-order valence-electron chi connectivity index (χ3n) is 4.20. The van der Waals surface area contributed by atoms with Gasteiger partial charge in [0.05, 0.1) is 33.1 Å². The van der Waals surface area contributed by atoms with Crippen LogP contribution in [0.4, 0.5) is 5.69 Å². The molecule has 0 N–H and O–H groups in total. The van der Waals surface area contributed by atoms with Gasteiger partial charge in [-0.05, 0) is 53.5 Å². The first-order chi connectivity index (χ1) is 14.3. The smallest absolute Gasteiger partial charge is 0.312 e. The van der Waals surface area contributed by atoms with Gasteiger partial charge in [-0.2, -0.15) is 9.78 Å². The number of hydrogen-bond acceptors (Lipinski definition) is 6. The van der Waals surface area contributed by atoms with E-state index in [9.17, 15) is 14.9 Å². The molecule has 0 aliphatic rings. The van der Waals surface area contributed by atoms with Crippen LogP contribution in [0.2, 0.25) is 0 Å². The maximum absolute atomic E-state index is 13.0. The predicted octanol–water partition coefficient (Wildman–Crippen LogP) is 5.06. The molecule has 0 spiro atoms. The summed E-state index contributed by atoms with van der Waals surface area (Å²) < 4.78 is 7.81. The van der Waals surface area contributed by atoms with Crippen LogP contribution in [-0.4, -0.2) is 27.4 Å². The van der Waals surface area contributed by atoms with Gasteiger partial charge in [-0.15, -0.1) is 0 Å². The molecule has 0 atom stereocenters. The molecule has 0 saturated heterocycles. The number of fused-ring (bicyclic) bond motifs is 1. The van der Waals surface area contributed by atoms with Crippen molar-refractivity contribution >= 4 is 54.7 Å². The van der Waals surface area contributed by atoms with Gasteiger partial charge in [-0.25, -0.2) is 4.98 Å². The van der Waals surface area contributed by atoms with E-state index in [-0.39, 0.29) is 17.0 Å². The number of aromatic nitrogens is 2. The van der Waals surface area contributed by atoms with Crippen molar-refractivity contribution < 1.29 is 9.66 Å². The molecule has 0 fully saturated rings. The van der Waals surface area contributed by atoms with E-state index in [4.69, 9.17) is 4.74 Å². The maximum atomic E-state index is 13.0. The monoisotopic (exact) mass is 536 g/mol. The van der Waals surface area contributed by atoms with E-state index in [0.29, 0.717) is 39.8 Å². The third kappa shape index (κ3) is 4.59. The van der Waals surface area contributed by atoms with Crippen LogP contribution < -0.4 is 10.3 Å². The summed E-state index contributed by atoms with van der Waals surface area (Å²) in [4.78, 5) is 28.5. The quantitative estimate of drug-likeness (QED) is 0.238. The first-order valence-electron chi connectivity index (χ1n) is 9.22. The summed E-state index contributed by atoms with van der Waals surface area (Å²) >= 11 is 6.68. The molecule has 0 saturated carbocycles. The number of ether oxygens (including phenoxy) is 1. The van der Waals surface area contributed by atoms with Crippen LogP contribution in [0.3, 0.4) is 0 Å². The number of hydrogen-bond donors (Lipinski definition) is 0. The Kier molecular flexibility index (Phi) is 6.99. The van der Waals surface area contributed by atoms with Crippen molar-refractivity contribution in [1.29, 1.82) is 0 Å². The molecule has 0 radical (unpaired) electrons. The molecule has 3 aromatic rings. The molecule has 0 aliphatic carbocycles. The Hall–Kier alpha value is -2.59. The first kappa shape index (κ1) is 22.1. The fourth-order valence-electron chi connectivity index (χ4n) is 2.92. The summed E-state index contributed by atoms with van der Waals surface area (Å²) in [5.74, 6) is 0.675. The molecule has 0 aliphatic heterocycles. The lowest BCUT2D eigenvalue weighted by Crippen LogP contribution is -2.22. The largest absolute Gasteiger partial charge is 0.486 e. The molecule has 1 aromatic heterocycles. The molecule has 0 bridgehead atoms. The highest BCUT2D eigenvalue weighted by Crippen LogP contribution is 2.36. The van der Waals surface area contributed by atoms with Crippen molar-refractivity contribution in [3.8, 4) is 5.75 Å². The Bertz CT molecular complexity index is 1210. The van der Waals surface area contributed by atoms with Crippen LogP contribution in [0.5, 0.6) is 5.75 Å². The van der Waals surface area contributed by atoms with E-state index in [0.717, 1.165) is 10.9 Å². The molecular formula is C20H18Br2N4O4. The highest BCUT2D eigenvalue weighted by atomic mass is 79.9. The molecule has 1 heterocycles. The van der Waals surface area contributed by atoms with Crippen LogP contribution in [0.25, 0.3) is 10.9 Å². The molecule has 0 amide bonds. The Morgan fingerprint density at radius 2 is 2.03 bits per heavy atom. The molecule has 10 heteroatoms. The summed E-state index contributed by atoms with van der Waals surface area (Å²) in [5.41, 5.74) is 0.549. The van der Waals surface area contributed by atoms with Crippen LogP contribution >= 0.6 is 31.9 Å². The van der Waals surface area contributed by atoms with Crippen molar-refractivity contribution in [2.45, 2.75) is 26.7 Å². The van der Waals surface area contributed by atoms with Gasteiger partial charge in [0.25, 0.3) is 5.56 Å². The number of nitro groups is 1. The van der Waals surface area contributed by atoms with Gasteiger partial charge in [0.1, 0.15) is 5.82 Å². The second-order valence-electron chi connectivity index (χ2n) is 6.34. The minimum Gasteiger partial charge on any atom is -0.486 e. The van der Waals surface area contributed by atoms with E-state index < -0.39 is 4.92 Å². The van der Waals surface area contributed by atoms with Gasteiger partial charge in [0.2, 0.25) is 5.75 Å². The lowest BCUT2D eigenvalue weighted by atomic mass is 10.2. The second-order valence-corrected chi connectivity index (χ2v) is 8.11. The number of nitro benzene ring substituents is 1.